The van der Waals surface area contributed by atoms with E-state index in [1.165, 1.54) is 24.3 Å². The van der Waals surface area contributed by atoms with Crippen molar-refractivity contribution >= 4 is 6.09 Å². The number of carbonyl (C=O) groups excluding carboxylic acids is 1. The van der Waals surface area contributed by atoms with Gasteiger partial charge in [0.25, 0.3) is 0 Å². The van der Waals surface area contributed by atoms with Gasteiger partial charge in [0.15, 0.2) is 0 Å². The highest BCUT2D eigenvalue weighted by Gasteiger charge is 2.22. The fourth-order valence-corrected chi connectivity index (χ4v) is 1.52. The molecule has 1 aromatic rings. The number of halogens is 1. The van der Waals surface area contributed by atoms with Crippen LogP contribution in [0.5, 0.6) is 0 Å². The fourth-order valence-electron chi connectivity index (χ4n) is 1.52. The molecule has 1 rings (SSSR count). The summed E-state index contributed by atoms with van der Waals surface area (Å²) in [5, 5.41) is 12.6. The molecule has 0 radical (unpaired) electrons. The van der Waals surface area contributed by atoms with Crippen molar-refractivity contribution in [3.8, 4) is 0 Å². The van der Waals surface area contributed by atoms with Crippen LogP contribution >= 0.6 is 0 Å². The topological polar surface area (TPSA) is 58.6 Å². The first-order valence-corrected chi connectivity index (χ1v) is 6.12. The van der Waals surface area contributed by atoms with E-state index in [1.54, 1.807) is 27.7 Å². The SMILES string of the molecule is C[C@@H](NC(=O)OC(C)(C)C)[C@H](O)c1ccc(F)cc1. The van der Waals surface area contributed by atoms with Crippen molar-refractivity contribution in [3.05, 3.63) is 35.6 Å². The van der Waals surface area contributed by atoms with Crippen LogP contribution in [0.4, 0.5) is 9.18 Å². The lowest BCUT2D eigenvalue weighted by molar-refractivity contribution is 0.0435. The maximum absolute atomic E-state index is 12.8. The zero-order valence-electron chi connectivity index (χ0n) is 11.6. The van der Waals surface area contributed by atoms with Gasteiger partial charge in [-0.05, 0) is 45.4 Å². The number of amides is 1. The van der Waals surface area contributed by atoms with E-state index in [0.717, 1.165) is 0 Å². The molecule has 1 aromatic carbocycles. The Bertz CT molecular complexity index is 425. The molecule has 0 spiro atoms. The van der Waals surface area contributed by atoms with E-state index in [2.05, 4.69) is 5.32 Å². The van der Waals surface area contributed by atoms with Crippen molar-refractivity contribution in [1.82, 2.24) is 5.32 Å². The molecule has 2 atom stereocenters. The number of alkyl carbamates (subject to hydrolysis) is 1. The Hall–Kier alpha value is -1.62. The molecule has 0 saturated carbocycles. The number of aliphatic hydroxyl groups is 1. The first-order chi connectivity index (χ1) is 8.69. The van der Waals surface area contributed by atoms with Crippen LogP contribution in [0.25, 0.3) is 0 Å². The minimum atomic E-state index is -0.923. The molecule has 0 saturated heterocycles. The van der Waals surface area contributed by atoms with Gasteiger partial charge in [-0.2, -0.15) is 0 Å². The van der Waals surface area contributed by atoms with E-state index in [-0.39, 0.29) is 5.82 Å². The molecule has 106 valence electrons. The Kier molecular flexibility index (Phi) is 4.89. The summed E-state index contributed by atoms with van der Waals surface area (Å²) in [6, 6.07) is 4.94. The first kappa shape index (κ1) is 15.4. The second-order valence-corrected chi connectivity index (χ2v) is 5.43. The quantitative estimate of drug-likeness (QED) is 0.887. The number of ether oxygens (including phenoxy) is 1. The average Bonchev–Trinajstić information content (AvgIpc) is 2.26. The summed E-state index contributed by atoms with van der Waals surface area (Å²) in [4.78, 5) is 11.6. The zero-order chi connectivity index (χ0) is 14.6. The Balaban J connectivity index is 2.60. The van der Waals surface area contributed by atoms with E-state index in [9.17, 15) is 14.3 Å². The lowest BCUT2D eigenvalue weighted by Gasteiger charge is -2.24. The molecule has 4 nitrogen and oxygen atoms in total. The summed E-state index contributed by atoms with van der Waals surface area (Å²) in [5.41, 5.74) is -0.0603. The number of hydrogen-bond donors (Lipinski definition) is 2. The van der Waals surface area contributed by atoms with Crippen molar-refractivity contribution in [2.75, 3.05) is 0 Å². The predicted molar refractivity (Wildman–Crippen MR) is 70.2 cm³/mol. The van der Waals surface area contributed by atoms with E-state index in [1.807, 2.05) is 0 Å². The van der Waals surface area contributed by atoms with Gasteiger partial charge in [-0.25, -0.2) is 9.18 Å². The highest BCUT2D eigenvalue weighted by Crippen LogP contribution is 2.17. The molecule has 1 amide bonds. The minimum absolute atomic E-state index is 0.372. The lowest BCUT2D eigenvalue weighted by atomic mass is 10.0. The van der Waals surface area contributed by atoms with Crippen LogP contribution in [0.1, 0.15) is 39.4 Å². The summed E-state index contributed by atoms with van der Waals surface area (Å²) in [7, 11) is 0. The largest absolute Gasteiger partial charge is 0.444 e. The summed E-state index contributed by atoms with van der Waals surface area (Å²) in [5.74, 6) is -0.372. The van der Waals surface area contributed by atoms with Crippen molar-refractivity contribution < 1.29 is 19.0 Å². The van der Waals surface area contributed by atoms with Gasteiger partial charge in [-0.15, -0.1) is 0 Å². The summed E-state index contributed by atoms with van der Waals surface area (Å²) >= 11 is 0. The van der Waals surface area contributed by atoms with Gasteiger partial charge in [-0.3, -0.25) is 0 Å². The lowest BCUT2D eigenvalue weighted by Crippen LogP contribution is -2.40. The van der Waals surface area contributed by atoms with Crippen molar-refractivity contribution in [2.45, 2.75) is 45.4 Å². The van der Waals surface area contributed by atoms with Crippen LogP contribution < -0.4 is 5.32 Å². The highest BCUT2D eigenvalue weighted by molar-refractivity contribution is 5.68. The van der Waals surface area contributed by atoms with Gasteiger partial charge in [-0.1, -0.05) is 12.1 Å². The normalized spacial score (nSPS) is 14.6. The molecule has 2 N–H and O–H groups in total. The molecule has 0 aliphatic carbocycles. The fraction of sp³-hybridized carbons (Fsp3) is 0.500. The third kappa shape index (κ3) is 5.26. The molecule has 0 fully saturated rings. The van der Waals surface area contributed by atoms with Gasteiger partial charge in [0.1, 0.15) is 11.4 Å². The summed E-state index contributed by atoms with van der Waals surface area (Å²) < 4.78 is 17.9. The van der Waals surface area contributed by atoms with Crippen molar-refractivity contribution in [2.24, 2.45) is 0 Å². The number of rotatable bonds is 3. The van der Waals surface area contributed by atoms with Gasteiger partial charge < -0.3 is 15.2 Å². The molecule has 0 aliphatic heterocycles. The Morgan fingerprint density at radius 2 is 1.84 bits per heavy atom. The standard InChI is InChI=1S/C14H20FNO3/c1-9(16-13(18)19-14(2,3)4)12(17)10-5-7-11(15)8-6-10/h5-9,12,17H,1-4H3,(H,16,18)/t9-,12+/m1/s1. The van der Waals surface area contributed by atoms with Crippen molar-refractivity contribution in [3.63, 3.8) is 0 Å². The Morgan fingerprint density at radius 1 is 1.32 bits per heavy atom. The number of nitrogens with one attached hydrogen (secondary N) is 1. The van der Waals surface area contributed by atoms with Gasteiger partial charge >= 0.3 is 6.09 Å². The summed E-state index contributed by atoms with van der Waals surface area (Å²) in [6.07, 6.45) is -1.52. The van der Waals surface area contributed by atoms with Crippen molar-refractivity contribution in [1.29, 1.82) is 0 Å². The maximum atomic E-state index is 12.8. The van der Waals surface area contributed by atoms with E-state index in [4.69, 9.17) is 4.74 Å². The van der Waals surface area contributed by atoms with Crippen LogP contribution in [0, 0.1) is 5.82 Å². The van der Waals surface area contributed by atoms with Gasteiger partial charge in [0.2, 0.25) is 0 Å². The second-order valence-electron chi connectivity index (χ2n) is 5.43. The van der Waals surface area contributed by atoms with E-state index >= 15 is 0 Å². The molecule has 19 heavy (non-hydrogen) atoms. The Morgan fingerprint density at radius 3 is 2.32 bits per heavy atom. The smallest absolute Gasteiger partial charge is 0.407 e. The average molecular weight is 269 g/mol. The van der Waals surface area contributed by atoms with Crippen LogP contribution in [0.3, 0.4) is 0 Å². The molecule has 0 unspecified atom stereocenters. The van der Waals surface area contributed by atoms with Gasteiger partial charge in [0.05, 0.1) is 12.1 Å². The van der Waals surface area contributed by atoms with Crippen LogP contribution in [0.15, 0.2) is 24.3 Å². The van der Waals surface area contributed by atoms with Crippen LogP contribution in [0.2, 0.25) is 0 Å². The number of carbonyl (C=O) groups is 1. The zero-order valence-corrected chi connectivity index (χ0v) is 11.6. The molecular weight excluding hydrogens is 249 g/mol. The molecule has 5 heteroatoms. The molecular formula is C14H20FNO3. The molecule has 0 aromatic heterocycles. The summed E-state index contributed by atoms with van der Waals surface area (Å²) in [6.45, 7) is 6.92. The van der Waals surface area contributed by atoms with E-state index in [0.29, 0.717) is 5.56 Å². The van der Waals surface area contributed by atoms with Crippen LogP contribution in [-0.4, -0.2) is 22.8 Å². The number of benzene rings is 1. The molecule has 0 aliphatic rings. The van der Waals surface area contributed by atoms with E-state index < -0.39 is 23.8 Å². The van der Waals surface area contributed by atoms with Gasteiger partial charge in [0, 0.05) is 0 Å². The maximum Gasteiger partial charge on any atom is 0.407 e. The first-order valence-electron chi connectivity index (χ1n) is 6.12. The third-order valence-electron chi connectivity index (χ3n) is 2.43. The van der Waals surface area contributed by atoms with Crippen LogP contribution in [-0.2, 0) is 4.74 Å². The Labute approximate surface area is 112 Å². The highest BCUT2D eigenvalue weighted by atomic mass is 19.1. The number of aliphatic hydroxyl groups excluding tert-OH is 1. The third-order valence-corrected chi connectivity index (χ3v) is 2.43. The predicted octanol–water partition coefficient (Wildman–Crippen LogP) is 2.77. The second kappa shape index (κ2) is 6.02. The molecule has 0 heterocycles. The minimum Gasteiger partial charge on any atom is -0.444 e. The number of hydrogen-bond acceptors (Lipinski definition) is 3. The molecule has 0 bridgehead atoms. The monoisotopic (exact) mass is 269 g/mol.